The predicted octanol–water partition coefficient (Wildman–Crippen LogP) is 15.1. The number of fused-ring (bicyclic) bond motifs is 9. The van der Waals surface area contributed by atoms with Gasteiger partial charge in [-0.25, -0.2) is 0 Å². The lowest BCUT2D eigenvalue weighted by Gasteiger charge is -2.26. The number of thiophene rings is 2. The fourth-order valence-electron chi connectivity index (χ4n) is 7.82. The SMILES string of the molecule is c1ccc(-c2ccc3sc4ccc(N(c5ccc6c(c5)oc5ccccc56)c5cccc6c5sc5c(-c7ccccc7)cccc56)cc4c3c2)cc1. The van der Waals surface area contributed by atoms with E-state index in [2.05, 4.69) is 169 Å². The van der Waals surface area contributed by atoms with Crippen LogP contribution in [0.2, 0.25) is 0 Å². The second kappa shape index (κ2) is 11.7. The molecule has 11 aromatic rings. The van der Waals surface area contributed by atoms with Crippen LogP contribution in [0.25, 0.3) is 84.5 Å². The summed E-state index contributed by atoms with van der Waals surface area (Å²) in [4.78, 5) is 2.43. The average molecular weight is 700 g/mol. The molecule has 4 heteroatoms. The summed E-state index contributed by atoms with van der Waals surface area (Å²) in [5.74, 6) is 0. The number of para-hydroxylation sites is 1. The first-order valence-corrected chi connectivity index (χ1v) is 19.1. The van der Waals surface area contributed by atoms with Crippen molar-refractivity contribution in [2.75, 3.05) is 4.90 Å². The van der Waals surface area contributed by atoms with E-state index in [0.717, 1.165) is 39.0 Å². The fraction of sp³-hybridized carbons (Fsp3) is 0. The van der Waals surface area contributed by atoms with Gasteiger partial charge < -0.3 is 9.32 Å². The molecule has 3 aromatic heterocycles. The Morgan fingerprint density at radius 3 is 1.85 bits per heavy atom. The number of rotatable bonds is 5. The molecule has 0 aliphatic heterocycles. The highest BCUT2D eigenvalue weighted by molar-refractivity contribution is 7.27. The van der Waals surface area contributed by atoms with Crippen LogP contribution in [0.4, 0.5) is 17.1 Å². The van der Waals surface area contributed by atoms with Gasteiger partial charge in [-0.15, -0.1) is 22.7 Å². The molecule has 0 unspecified atom stereocenters. The van der Waals surface area contributed by atoms with Gasteiger partial charge in [0.1, 0.15) is 11.2 Å². The molecule has 52 heavy (non-hydrogen) atoms. The maximum atomic E-state index is 6.46. The molecule has 11 rings (SSSR count). The van der Waals surface area contributed by atoms with Gasteiger partial charge in [-0.3, -0.25) is 0 Å². The van der Waals surface area contributed by atoms with Crippen LogP contribution in [0.1, 0.15) is 0 Å². The minimum Gasteiger partial charge on any atom is -0.456 e. The van der Waals surface area contributed by atoms with Crippen molar-refractivity contribution in [3.63, 3.8) is 0 Å². The minimum atomic E-state index is 0.883. The third-order valence-electron chi connectivity index (χ3n) is 10.3. The molecule has 8 aromatic carbocycles. The van der Waals surface area contributed by atoms with Crippen LogP contribution in [0.3, 0.4) is 0 Å². The van der Waals surface area contributed by atoms with Crippen LogP contribution < -0.4 is 4.90 Å². The van der Waals surface area contributed by atoms with E-state index < -0.39 is 0 Å². The lowest BCUT2D eigenvalue weighted by molar-refractivity contribution is 0.669. The van der Waals surface area contributed by atoms with Crippen molar-refractivity contribution in [2.24, 2.45) is 0 Å². The van der Waals surface area contributed by atoms with E-state index in [1.807, 2.05) is 34.8 Å². The lowest BCUT2D eigenvalue weighted by Crippen LogP contribution is -2.09. The molecule has 0 bridgehead atoms. The fourth-order valence-corrected chi connectivity index (χ4v) is 10.2. The predicted molar refractivity (Wildman–Crippen MR) is 225 cm³/mol. The Balaban J connectivity index is 1.17. The standard InChI is InChI=1S/C48H29NOS2/c1-3-11-30(12-4-1)32-21-25-45-40(27-32)41-28-33(23-26-46(41)51-45)49(34-22-24-37-36-15-7-8-20-43(36)50-44(37)29-34)42-19-10-18-39-38-17-9-16-35(47(38)52-48(39)42)31-13-5-2-6-14-31/h1-29H. The van der Waals surface area contributed by atoms with Crippen LogP contribution in [0.5, 0.6) is 0 Å². The number of benzene rings is 8. The molecule has 0 aliphatic carbocycles. The van der Waals surface area contributed by atoms with Gasteiger partial charge in [0, 0.05) is 63.9 Å². The molecule has 0 amide bonds. The van der Waals surface area contributed by atoms with E-state index in [1.165, 1.54) is 62.6 Å². The first-order chi connectivity index (χ1) is 25.8. The molecule has 0 spiro atoms. The highest BCUT2D eigenvalue weighted by Gasteiger charge is 2.21. The summed E-state index contributed by atoms with van der Waals surface area (Å²) in [7, 11) is 0. The zero-order valence-electron chi connectivity index (χ0n) is 27.9. The van der Waals surface area contributed by atoms with Crippen molar-refractivity contribution in [3.8, 4) is 22.3 Å². The molecule has 0 fully saturated rings. The van der Waals surface area contributed by atoms with Gasteiger partial charge in [0.15, 0.2) is 0 Å². The van der Waals surface area contributed by atoms with Gasteiger partial charge in [0.25, 0.3) is 0 Å². The Hall–Kier alpha value is -6.20. The number of anilines is 3. The maximum absolute atomic E-state index is 6.46. The Kier molecular flexibility index (Phi) is 6.63. The van der Waals surface area contributed by atoms with Crippen molar-refractivity contribution in [1.29, 1.82) is 0 Å². The van der Waals surface area contributed by atoms with Gasteiger partial charge >= 0.3 is 0 Å². The number of furan rings is 1. The Labute approximate surface area is 308 Å². The van der Waals surface area contributed by atoms with E-state index in [4.69, 9.17) is 4.42 Å². The second-order valence-corrected chi connectivity index (χ2v) is 15.4. The number of hydrogen-bond donors (Lipinski definition) is 0. The van der Waals surface area contributed by atoms with Gasteiger partial charge in [-0.1, -0.05) is 115 Å². The van der Waals surface area contributed by atoms with E-state index >= 15 is 0 Å². The first-order valence-electron chi connectivity index (χ1n) is 17.5. The number of nitrogens with zero attached hydrogens (tertiary/aromatic N) is 1. The van der Waals surface area contributed by atoms with Crippen LogP contribution in [0.15, 0.2) is 180 Å². The summed E-state index contributed by atoms with van der Waals surface area (Å²) >= 11 is 3.73. The molecule has 0 N–H and O–H groups in total. The van der Waals surface area contributed by atoms with Crippen molar-refractivity contribution >= 4 is 102 Å². The third-order valence-corrected chi connectivity index (χ3v) is 12.7. The van der Waals surface area contributed by atoms with Gasteiger partial charge in [-0.05, 0) is 76.9 Å². The summed E-state index contributed by atoms with van der Waals surface area (Å²) in [5.41, 5.74) is 10.1. The number of hydrogen-bond acceptors (Lipinski definition) is 4. The summed E-state index contributed by atoms with van der Waals surface area (Å²) in [6.07, 6.45) is 0. The largest absolute Gasteiger partial charge is 0.456 e. The third kappa shape index (κ3) is 4.62. The quantitative estimate of drug-likeness (QED) is 0.178. The molecular weight excluding hydrogens is 671 g/mol. The summed E-state index contributed by atoms with van der Waals surface area (Å²) in [6.45, 7) is 0. The van der Waals surface area contributed by atoms with Crippen LogP contribution in [0, 0.1) is 0 Å². The van der Waals surface area contributed by atoms with E-state index in [1.54, 1.807) is 0 Å². The van der Waals surface area contributed by atoms with E-state index in [9.17, 15) is 0 Å². The molecular formula is C48H29NOS2. The highest BCUT2D eigenvalue weighted by Crippen LogP contribution is 2.49. The average Bonchev–Trinajstić information content (AvgIpc) is 3.90. The van der Waals surface area contributed by atoms with Gasteiger partial charge in [0.2, 0.25) is 0 Å². The molecule has 2 nitrogen and oxygen atoms in total. The van der Waals surface area contributed by atoms with Gasteiger partial charge in [0.05, 0.1) is 10.4 Å². The topological polar surface area (TPSA) is 16.4 Å². The molecule has 3 heterocycles. The maximum Gasteiger partial charge on any atom is 0.137 e. The monoisotopic (exact) mass is 699 g/mol. The smallest absolute Gasteiger partial charge is 0.137 e. The Morgan fingerprint density at radius 1 is 0.365 bits per heavy atom. The van der Waals surface area contributed by atoms with Crippen molar-refractivity contribution < 1.29 is 4.42 Å². The van der Waals surface area contributed by atoms with Crippen molar-refractivity contribution in [3.05, 3.63) is 176 Å². The highest BCUT2D eigenvalue weighted by atomic mass is 32.1. The summed E-state index contributed by atoms with van der Waals surface area (Å²) < 4.78 is 11.6. The molecule has 0 saturated heterocycles. The van der Waals surface area contributed by atoms with Crippen molar-refractivity contribution in [1.82, 2.24) is 0 Å². The second-order valence-electron chi connectivity index (χ2n) is 13.3. The van der Waals surface area contributed by atoms with Crippen molar-refractivity contribution in [2.45, 2.75) is 0 Å². The van der Waals surface area contributed by atoms with E-state index in [0.29, 0.717) is 0 Å². The molecule has 0 saturated carbocycles. The van der Waals surface area contributed by atoms with Crippen LogP contribution in [-0.2, 0) is 0 Å². The Bertz CT molecular complexity index is 3130. The zero-order chi connectivity index (χ0) is 34.2. The first kappa shape index (κ1) is 29.5. The van der Waals surface area contributed by atoms with Gasteiger partial charge in [-0.2, -0.15) is 0 Å². The summed E-state index contributed by atoms with van der Waals surface area (Å²) in [6, 6.07) is 63.7. The normalized spacial score (nSPS) is 11.8. The minimum absolute atomic E-state index is 0.883. The van der Waals surface area contributed by atoms with Crippen LogP contribution in [-0.4, -0.2) is 0 Å². The lowest BCUT2D eigenvalue weighted by atomic mass is 10.0. The molecule has 244 valence electrons. The zero-order valence-corrected chi connectivity index (χ0v) is 29.5. The van der Waals surface area contributed by atoms with E-state index in [-0.39, 0.29) is 0 Å². The molecule has 0 radical (unpaired) electrons. The Morgan fingerprint density at radius 2 is 1.00 bits per heavy atom. The molecule has 0 atom stereocenters. The summed E-state index contributed by atoms with van der Waals surface area (Å²) in [5, 5.41) is 7.35. The van der Waals surface area contributed by atoms with Crippen LogP contribution >= 0.6 is 22.7 Å². The molecule has 0 aliphatic rings.